The number of H-pyrrole nitrogens is 1. The molecule has 0 saturated carbocycles. The number of rotatable bonds is 1. The highest BCUT2D eigenvalue weighted by atomic mass is 32.2. The van der Waals surface area contributed by atoms with E-state index < -0.39 is 0 Å². The Labute approximate surface area is 94.8 Å². The van der Waals surface area contributed by atoms with Gasteiger partial charge >= 0.3 is 0 Å². The van der Waals surface area contributed by atoms with Crippen molar-refractivity contribution < 1.29 is 5.82 Å². The van der Waals surface area contributed by atoms with Crippen molar-refractivity contribution >= 4 is 22.8 Å². The Morgan fingerprint density at radius 3 is 2.67 bits per heavy atom. The third-order valence-corrected chi connectivity index (χ3v) is 2.51. The molecule has 0 aliphatic carbocycles. The van der Waals surface area contributed by atoms with Gasteiger partial charge in [-0.3, -0.25) is 0 Å². The van der Waals surface area contributed by atoms with Gasteiger partial charge in [0.1, 0.15) is 5.82 Å². The smallest absolute Gasteiger partial charge is 0.166 e. The zero-order valence-corrected chi connectivity index (χ0v) is 10.2. The number of benzene rings is 1. The van der Waals surface area contributed by atoms with E-state index in [1.807, 2.05) is 20.1 Å². The molecule has 15 heavy (non-hydrogen) atoms. The first-order chi connectivity index (χ1) is 7.20. The van der Waals surface area contributed by atoms with Crippen molar-refractivity contribution in [2.45, 2.75) is 25.9 Å². The highest BCUT2D eigenvalue weighted by Crippen LogP contribution is 2.20. The van der Waals surface area contributed by atoms with Gasteiger partial charge in [-0.25, -0.2) is 9.37 Å². The first kappa shape index (κ1) is 12.0. The van der Waals surface area contributed by atoms with Crippen LogP contribution in [0.15, 0.2) is 17.3 Å². The molecule has 1 heterocycles. The third-order valence-electron chi connectivity index (χ3n) is 1.93. The van der Waals surface area contributed by atoms with E-state index in [0.29, 0.717) is 11.1 Å². The molecule has 2 nitrogen and oxygen atoms in total. The molecule has 1 N–H and O–H groups in total. The second kappa shape index (κ2) is 5.16. The molecule has 0 aliphatic heterocycles. The van der Waals surface area contributed by atoms with Crippen LogP contribution in [0.25, 0.3) is 11.0 Å². The molecule has 0 saturated heterocycles. The number of aromatic nitrogens is 2. The zero-order valence-electron chi connectivity index (χ0n) is 9.39. The van der Waals surface area contributed by atoms with Crippen LogP contribution in [-0.2, 0) is 0 Å². The average Bonchev–Trinajstić information content (AvgIpc) is 2.64. The summed E-state index contributed by atoms with van der Waals surface area (Å²) in [7, 11) is 0. The van der Waals surface area contributed by atoms with E-state index in [2.05, 4.69) is 9.97 Å². The topological polar surface area (TPSA) is 28.7 Å². The first-order valence-corrected chi connectivity index (χ1v) is 6.13. The minimum absolute atomic E-state index is 0. The Bertz CT molecular complexity index is 417. The number of fused-ring (bicyclic) bond motifs is 1. The molecule has 1 aromatic heterocycles. The highest BCUT2D eigenvalue weighted by molar-refractivity contribution is 7.98. The summed E-state index contributed by atoms with van der Waals surface area (Å²) in [6.07, 6.45) is 1.93. The third kappa shape index (κ3) is 2.50. The number of nitrogens with one attached hydrogen (secondary N) is 1. The van der Waals surface area contributed by atoms with E-state index in [-0.39, 0.29) is 7.24 Å². The van der Waals surface area contributed by atoms with Crippen LogP contribution in [0.5, 0.6) is 0 Å². The number of hydrogen-bond donors (Lipinski definition) is 1. The van der Waals surface area contributed by atoms with E-state index in [0.717, 1.165) is 10.7 Å². The fourth-order valence-corrected chi connectivity index (χ4v) is 1.61. The number of nitrogens with zero attached hydrogens (tertiary/aromatic N) is 1. The van der Waals surface area contributed by atoms with Gasteiger partial charge in [0.2, 0.25) is 0 Å². The van der Waals surface area contributed by atoms with Gasteiger partial charge in [-0.15, -0.1) is 0 Å². The minimum Gasteiger partial charge on any atom is -0.333 e. The lowest BCUT2D eigenvalue weighted by molar-refractivity contribution is 0.620. The number of aryl methyl sites for hydroxylation is 1. The molecule has 1 aromatic carbocycles. The molecule has 0 radical (unpaired) electrons. The van der Waals surface area contributed by atoms with Crippen molar-refractivity contribution in [1.82, 2.24) is 9.97 Å². The summed E-state index contributed by atoms with van der Waals surface area (Å²) in [5.41, 5.74) is 2.22. The van der Waals surface area contributed by atoms with Crippen LogP contribution in [0.3, 0.4) is 0 Å². The molecule has 0 unspecified atom stereocenters. The summed E-state index contributed by atoms with van der Waals surface area (Å²) in [5.74, 6) is -0.202. The van der Waals surface area contributed by atoms with Crippen molar-refractivity contribution in [1.29, 1.82) is 0 Å². The van der Waals surface area contributed by atoms with Crippen molar-refractivity contribution in [2.24, 2.45) is 0 Å². The Balaban J connectivity index is 0.000000711. The van der Waals surface area contributed by atoms with E-state index in [4.69, 9.17) is 0 Å². The van der Waals surface area contributed by atoms with Crippen LogP contribution >= 0.6 is 11.8 Å². The molecule has 2 aromatic rings. The molecule has 84 valence electrons. The van der Waals surface area contributed by atoms with Crippen molar-refractivity contribution in [3.05, 3.63) is 23.5 Å². The maximum atomic E-state index is 13.1. The van der Waals surface area contributed by atoms with Gasteiger partial charge in [0, 0.05) is 7.49 Å². The van der Waals surface area contributed by atoms with Crippen molar-refractivity contribution in [3.8, 4) is 0 Å². The lowest BCUT2D eigenvalue weighted by atomic mass is 10.2. The lowest BCUT2D eigenvalue weighted by Crippen LogP contribution is -1.81. The molecule has 0 amide bonds. The van der Waals surface area contributed by atoms with Crippen LogP contribution in [0.4, 0.5) is 4.39 Å². The van der Waals surface area contributed by atoms with Crippen molar-refractivity contribution in [2.75, 3.05) is 6.26 Å². The number of halogens is 1. The lowest BCUT2D eigenvalue weighted by Gasteiger charge is -1.93. The number of hydrogen-bond acceptors (Lipinski definition) is 2. The molecule has 0 bridgehead atoms. The summed E-state index contributed by atoms with van der Waals surface area (Å²) in [5, 5.41) is 0.819. The molecular formula is C11H17FN2S. The fourth-order valence-electron chi connectivity index (χ4n) is 1.21. The molecule has 2 rings (SSSR count). The van der Waals surface area contributed by atoms with Gasteiger partial charge in [0.05, 0.1) is 11.0 Å². The second-order valence-corrected chi connectivity index (χ2v) is 3.66. The van der Waals surface area contributed by atoms with Crippen molar-refractivity contribution in [3.63, 3.8) is 0 Å². The standard InChI is InChI=1S/C9H9FN2S.C2H6.H2/c1-5-3-7-8(4-6(5)10)12-9(11-7)13-2;1-2;/h3-4H,1-2H3,(H,11,12);1-2H3;1H. The fraction of sp³-hybridized carbons (Fsp3) is 0.364. The highest BCUT2D eigenvalue weighted by Gasteiger charge is 2.05. The first-order valence-electron chi connectivity index (χ1n) is 4.90. The summed E-state index contributed by atoms with van der Waals surface area (Å²) >= 11 is 1.52. The molecule has 0 aliphatic rings. The maximum Gasteiger partial charge on any atom is 0.166 e. The Morgan fingerprint density at radius 1 is 1.40 bits per heavy atom. The number of imidazole rings is 1. The normalized spacial score (nSPS) is 9.93. The van der Waals surface area contributed by atoms with E-state index >= 15 is 0 Å². The SMILES string of the molecule is CC.CSc1nc2cc(F)c(C)cc2[nH]1.[HH]. The van der Waals surface area contributed by atoms with Crippen LogP contribution in [0.2, 0.25) is 0 Å². The Kier molecular flexibility index (Phi) is 4.15. The molecular weight excluding hydrogens is 211 g/mol. The largest absolute Gasteiger partial charge is 0.333 e. The summed E-state index contributed by atoms with van der Waals surface area (Å²) in [6.45, 7) is 5.74. The van der Waals surface area contributed by atoms with E-state index in [1.54, 1.807) is 13.0 Å². The van der Waals surface area contributed by atoms with E-state index in [1.165, 1.54) is 17.8 Å². The monoisotopic (exact) mass is 228 g/mol. The van der Waals surface area contributed by atoms with Gasteiger partial charge in [0.25, 0.3) is 0 Å². The summed E-state index contributed by atoms with van der Waals surface area (Å²) < 4.78 is 13.1. The minimum atomic E-state index is -0.202. The summed E-state index contributed by atoms with van der Waals surface area (Å²) in [6, 6.07) is 3.23. The van der Waals surface area contributed by atoms with Crippen LogP contribution in [0, 0.1) is 12.7 Å². The predicted octanol–water partition coefficient (Wildman–Crippen LogP) is 4.00. The number of thioether (sulfide) groups is 1. The maximum absolute atomic E-state index is 13.1. The van der Waals surface area contributed by atoms with Gasteiger partial charge < -0.3 is 4.98 Å². The average molecular weight is 228 g/mol. The number of aromatic amines is 1. The van der Waals surface area contributed by atoms with Crippen LogP contribution < -0.4 is 0 Å². The van der Waals surface area contributed by atoms with Gasteiger partial charge in [0.15, 0.2) is 5.16 Å². The zero-order chi connectivity index (χ0) is 11.4. The quantitative estimate of drug-likeness (QED) is 0.747. The second-order valence-electron chi connectivity index (χ2n) is 2.86. The summed E-state index contributed by atoms with van der Waals surface area (Å²) in [4.78, 5) is 7.30. The van der Waals surface area contributed by atoms with Gasteiger partial charge in [-0.05, 0) is 24.8 Å². The molecule has 4 heteroatoms. The van der Waals surface area contributed by atoms with Crippen LogP contribution in [-0.4, -0.2) is 16.2 Å². The Hall–Kier alpha value is -1.03. The molecule has 0 atom stereocenters. The molecule has 0 spiro atoms. The predicted molar refractivity (Wildman–Crippen MR) is 66.0 cm³/mol. The van der Waals surface area contributed by atoms with Crippen LogP contribution in [0.1, 0.15) is 20.8 Å². The Morgan fingerprint density at radius 2 is 2.07 bits per heavy atom. The van der Waals surface area contributed by atoms with E-state index in [9.17, 15) is 4.39 Å². The molecule has 0 fully saturated rings. The van der Waals surface area contributed by atoms with Gasteiger partial charge in [-0.1, -0.05) is 25.6 Å². The van der Waals surface area contributed by atoms with Gasteiger partial charge in [-0.2, -0.15) is 0 Å².